The number of rotatable bonds is 4. The van der Waals surface area contributed by atoms with Crippen molar-refractivity contribution in [1.82, 2.24) is 9.78 Å². The van der Waals surface area contributed by atoms with Crippen molar-refractivity contribution in [1.29, 1.82) is 0 Å². The predicted octanol–water partition coefficient (Wildman–Crippen LogP) is 4.74. The maximum atomic E-state index is 14.2. The zero-order valence-electron chi connectivity index (χ0n) is 14.6. The van der Waals surface area contributed by atoms with Crippen molar-refractivity contribution < 1.29 is 34.8 Å². The Balaban J connectivity index is 2.24. The van der Waals surface area contributed by atoms with E-state index in [0.717, 1.165) is 24.5 Å². The van der Waals surface area contributed by atoms with E-state index in [1.165, 1.54) is 30.3 Å². The Morgan fingerprint density at radius 3 is 2.03 bits per heavy atom. The monoisotopic (exact) mass is 434 g/mol. The maximum absolute atomic E-state index is 14.2. The molecule has 0 amide bonds. The molecule has 0 aliphatic carbocycles. The van der Waals surface area contributed by atoms with Gasteiger partial charge in [0, 0.05) is 11.8 Å². The molecule has 0 aliphatic heterocycles. The van der Waals surface area contributed by atoms with Crippen molar-refractivity contribution in [2.75, 3.05) is 6.26 Å². The Morgan fingerprint density at radius 1 is 0.931 bits per heavy atom. The van der Waals surface area contributed by atoms with Gasteiger partial charge in [-0.05, 0) is 42.5 Å². The molecule has 1 heterocycles. The van der Waals surface area contributed by atoms with Crippen LogP contribution in [0.5, 0.6) is 0 Å². The van der Waals surface area contributed by atoms with Gasteiger partial charge in [0.25, 0.3) is 0 Å². The first-order valence-corrected chi connectivity index (χ1v) is 9.82. The molecule has 3 rings (SSSR count). The standard InChI is InChI=1S/C18H12F6N2O2S/c1-29(27,28)12-8-6-11(7-9-12)26-15(13-4-2-3-5-14(13)19)10-16(25-26)17(20,21)18(22,23)24/h2-10H,1H3. The van der Waals surface area contributed by atoms with Gasteiger partial charge in [0.15, 0.2) is 9.84 Å². The SMILES string of the molecule is CS(=O)(=O)c1ccc(-n2nc(C(F)(F)C(F)(F)F)cc2-c2ccccc2F)cc1. The lowest BCUT2D eigenvalue weighted by atomic mass is 10.1. The molecule has 0 unspecified atom stereocenters. The number of halogens is 6. The van der Waals surface area contributed by atoms with Crippen LogP contribution >= 0.6 is 0 Å². The molecule has 154 valence electrons. The normalized spacial score (nSPS) is 12.9. The number of hydrogen-bond donors (Lipinski definition) is 0. The average Bonchev–Trinajstić information content (AvgIpc) is 3.06. The first-order chi connectivity index (χ1) is 13.3. The quantitative estimate of drug-likeness (QED) is 0.558. The summed E-state index contributed by atoms with van der Waals surface area (Å²) in [4.78, 5) is -0.0957. The molecule has 0 N–H and O–H groups in total. The summed E-state index contributed by atoms with van der Waals surface area (Å²) in [6, 6.07) is 9.99. The predicted molar refractivity (Wildman–Crippen MR) is 92.0 cm³/mol. The third-order valence-electron chi connectivity index (χ3n) is 4.05. The maximum Gasteiger partial charge on any atom is 0.459 e. The topological polar surface area (TPSA) is 52.0 Å². The number of hydrogen-bond acceptors (Lipinski definition) is 3. The van der Waals surface area contributed by atoms with Crippen LogP contribution in [-0.4, -0.2) is 30.6 Å². The Kier molecular flexibility index (Phi) is 4.98. The molecule has 0 aliphatic rings. The van der Waals surface area contributed by atoms with E-state index in [1.54, 1.807) is 0 Å². The average molecular weight is 434 g/mol. The van der Waals surface area contributed by atoms with Gasteiger partial charge in [0.1, 0.15) is 11.5 Å². The molecule has 0 radical (unpaired) electrons. The number of nitrogens with zero attached hydrogens (tertiary/aromatic N) is 2. The Hall–Kier alpha value is -2.82. The molecular formula is C18H12F6N2O2S. The van der Waals surface area contributed by atoms with Crippen molar-refractivity contribution in [3.05, 3.63) is 66.1 Å². The van der Waals surface area contributed by atoms with Gasteiger partial charge in [0.05, 0.1) is 16.3 Å². The van der Waals surface area contributed by atoms with Crippen LogP contribution in [0.4, 0.5) is 26.3 Å². The number of aromatic nitrogens is 2. The lowest BCUT2D eigenvalue weighted by Gasteiger charge is -2.16. The van der Waals surface area contributed by atoms with Crippen molar-refractivity contribution in [2.45, 2.75) is 17.0 Å². The fraction of sp³-hybridized carbons (Fsp3) is 0.167. The molecule has 0 saturated heterocycles. The molecule has 0 bridgehead atoms. The van der Waals surface area contributed by atoms with E-state index in [2.05, 4.69) is 5.10 Å². The molecular weight excluding hydrogens is 422 g/mol. The third-order valence-corrected chi connectivity index (χ3v) is 5.17. The summed E-state index contributed by atoms with van der Waals surface area (Å²) < 4.78 is 104. The van der Waals surface area contributed by atoms with Gasteiger partial charge in [0.2, 0.25) is 0 Å². The highest BCUT2D eigenvalue weighted by molar-refractivity contribution is 7.90. The molecule has 0 atom stereocenters. The van der Waals surface area contributed by atoms with Gasteiger partial charge in [-0.15, -0.1) is 0 Å². The summed E-state index contributed by atoms with van der Waals surface area (Å²) >= 11 is 0. The van der Waals surface area contributed by atoms with Crippen LogP contribution in [-0.2, 0) is 15.8 Å². The number of sulfone groups is 1. The van der Waals surface area contributed by atoms with Crippen LogP contribution in [0.2, 0.25) is 0 Å². The summed E-state index contributed by atoms with van der Waals surface area (Å²) in [5.41, 5.74) is -2.25. The molecule has 1 aromatic heterocycles. The second-order valence-corrected chi connectivity index (χ2v) is 8.16. The Morgan fingerprint density at radius 2 is 1.52 bits per heavy atom. The first-order valence-electron chi connectivity index (χ1n) is 7.93. The summed E-state index contributed by atoms with van der Waals surface area (Å²) in [7, 11) is -3.57. The molecule has 0 saturated carbocycles. The third kappa shape index (κ3) is 3.86. The van der Waals surface area contributed by atoms with Gasteiger partial charge < -0.3 is 0 Å². The summed E-state index contributed by atoms with van der Waals surface area (Å²) in [5, 5.41) is 3.36. The van der Waals surface area contributed by atoms with E-state index in [1.807, 2.05) is 0 Å². The summed E-state index contributed by atoms with van der Waals surface area (Å²) in [6.07, 6.45) is -4.96. The Labute approximate surface area is 161 Å². The number of benzene rings is 2. The van der Waals surface area contributed by atoms with Crippen LogP contribution < -0.4 is 0 Å². The molecule has 0 spiro atoms. The summed E-state index contributed by atoms with van der Waals surface area (Å²) in [5.74, 6) is -6.13. The molecule has 0 fully saturated rings. The first kappa shape index (κ1) is 20.9. The van der Waals surface area contributed by atoms with Crippen LogP contribution in [0.15, 0.2) is 59.5 Å². The van der Waals surface area contributed by atoms with Gasteiger partial charge in [-0.2, -0.15) is 27.1 Å². The highest BCUT2D eigenvalue weighted by Crippen LogP contribution is 2.44. The van der Waals surface area contributed by atoms with Crippen molar-refractivity contribution >= 4 is 9.84 Å². The lowest BCUT2D eigenvalue weighted by molar-refractivity contribution is -0.291. The Bertz CT molecular complexity index is 1150. The highest BCUT2D eigenvalue weighted by atomic mass is 32.2. The van der Waals surface area contributed by atoms with E-state index in [4.69, 9.17) is 0 Å². The molecule has 29 heavy (non-hydrogen) atoms. The van der Waals surface area contributed by atoms with Crippen LogP contribution in [0.25, 0.3) is 16.9 Å². The van der Waals surface area contributed by atoms with Crippen LogP contribution in [0, 0.1) is 5.82 Å². The van der Waals surface area contributed by atoms with Crippen molar-refractivity contribution in [3.8, 4) is 16.9 Å². The zero-order valence-corrected chi connectivity index (χ0v) is 15.4. The van der Waals surface area contributed by atoms with E-state index in [-0.39, 0.29) is 21.8 Å². The largest absolute Gasteiger partial charge is 0.459 e. The fourth-order valence-corrected chi connectivity index (χ4v) is 3.20. The van der Waals surface area contributed by atoms with Crippen LogP contribution in [0.1, 0.15) is 5.69 Å². The van der Waals surface area contributed by atoms with Gasteiger partial charge in [-0.25, -0.2) is 17.5 Å². The number of alkyl halides is 5. The minimum absolute atomic E-state index is 0.0279. The molecule has 11 heteroatoms. The van der Waals surface area contributed by atoms with Gasteiger partial charge in [-0.3, -0.25) is 0 Å². The lowest BCUT2D eigenvalue weighted by Crippen LogP contribution is -2.34. The van der Waals surface area contributed by atoms with Crippen LogP contribution in [0.3, 0.4) is 0 Å². The molecule has 3 aromatic rings. The van der Waals surface area contributed by atoms with Gasteiger partial charge in [-0.1, -0.05) is 12.1 Å². The van der Waals surface area contributed by atoms with Gasteiger partial charge >= 0.3 is 12.1 Å². The smallest absolute Gasteiger partial charge is 0.232 e. The van der Waals surface area contributed by atoms with Crippen molar-refractivity contribution in [3.63, 3.8) is 0 Å². The zero-order chi connectivity index (χ0) is 21.6. The fourth-order valence-electron chi connectivity index (χ4n) is 2.57. The molecule has 4 nitrogen and oxygen atoms in total. The second-order valence-electron chi connectivity index (χ2n) is 6.14. The van der Waals surface area contributed by atoms with E-state index in [0.29, 0.717) is 10.7 Å². The highest BCUT2D eigenvalue weighted by Gasteiger charge is 2.60. The second kappa shape index (κ2) is 6.90. The van der Waals surface area contributed by atoms with E-state index >= 15 is 0 Å². The minimum atomic E-state index is -5.90. The van der Waals surface area contributed by atoms with E-state index in [9.17, 15) is 34.8 Å². The molecule has 2 aromatic carbocycles. The minimum Gasteiger partial charge on any atom is -0.232 e. The summed E-state index contributed by atoms with van der Waals surface area (Å²) in [6.45, 7) is 0. The van der Waals surface area contributed by atoms with E-state index < -0.39 is 33.4 Å². The van der Waals surface area contributed by atoms with Crippen molar-refractivity contribution in [2.24, 2.45) is 0 Å².